The summed E-state index contributed by atoms with van der Waals surface area (Å²) in [6, 6.07) is 0. The minimum Gasteiger partial charge on any atom is -0.303 e. The second-order valence-electron chi connectivity index (χ2n) is 4.03. The standard InChI is InChI=1S/C11H21NO/c1-2-4-11-5-8-12(9-6-11)7-3-10-13/h10-11H,2-9H2,1H3. The van der Waals surface area contributed by atoms with Gasteiger partial charge in [-0.05, 0) is 31.8 Å². The summed E-state index contributed by atoms with van der Waals surface area (Å²) in [6.45, 7) is 5.65. The average Bonchev–Trinajstić information content (AvgIpc) is 2.17. The molecule has 2 heteroatoms. The lowest BCUT2D eigenvalue weighted by Gasteiger charge is -2.31. The van der Waals surface area contributed by atoms with Crippen LogP contribution in [0.3, 0.4) is 0 Å². The van der Waals surface area contributed by atoms with Gasteiger partial charge in [-0.3, -0.25) is 0 Å². The van der Waals surface area contributed by atoms with E-state index in [1.807, 2.05) is 0 Å². The third-order valence-electron chi connectivity index (χ3n) is 2.97. The third-order valence-corrected chi connectivity index (χ3v) is 2.97. The van der Waals surface area contributed by atoms with Crippen molar-refractivity contribution in [3.05, 3.63) is 0 Å². The Labute approximate surface area is 81.3 Å². The van der Waals surface area contributed by atoms with Crippen LogP contribution in [0, 0.1) is 5.92 Å². The van der Waals surface area contributed by atoms with Gasteiger partial charge in [0.2, 0.25) is 0 Å². The van der Waals surface area contributed by atoms with Crippen molar-refractivity contribution in [2.75, 3.05) is 19.6 Å². The Morgan fingerprint density at radius 1 is 1.38 bits per heavy atom. The maximum absolute atomic E-state index is 10.2. The van der Waals surface area contributed by atoms with E-state index in [9.17, 15) is 4.79 Å². The molecule has 0 bridgehead atoms. The highest BCUT2D eigenvalue weighted by atomic mass is 16.1. The Balaban J connectivity index is 2.11. The SMILES string of the molecule is CCCC1CCN(CCC=O)CC1. The van der Waals surface area contributed by atoms with Crippen molar-refractivity contribution in [3.8, 4) is 0 Å². The molecule has 1 aliphatic rings. The van der Waals surface area contributed by atoms with Crippen molar-refractivity contribution < 1.29 is 4.79 Å². The molecule has 0 N–H and O–H groups in total. The van der Waals surface area contributed by atoms with Crippen molar-refractivity contribution >= 4 is 6.29 Å². The fourth-order valence-electron chi connectivity index (χ4n) is 2.14. The molecule has 0 atom stereocenters. The van der Waals surface area contributed by atoms with E-state index in [1.165, 1.54) is 38.8 Å². The molecule has 2 nitrogen and oxygen atoms in total. The van der Waals surface area contributed by atoms with E-state index >= 15 is 0 Å². The van der Waals surface area contributed by atoms with Crippen molar-refractivity contribution in [1.29, 1.82) is 0 Å². The number of carbonyl (C=O) groups is 1. The first-order valence-electron chi connectivity index (χ1n) is 5.52. The van der Waals surface area contributed by atoms with Gasteiger partial charge < -0.3 is 9.69 Å². The smallest absolute Gasteiger partial charge is 0.121 e. The molecule has 76 valence electrons. The molecule has 0 spiro atoms. The highest BCUT2D eigenvalue weighted by Crippen LogP contribution is 2.21. The van der Waals surface area contributed by atoms with Crippen LogP contribution in [-0.2, 0) is 4.79 Å². The minimum atomic E-state index is 0.707. The molecule has 1 heterocycles. The molecular formula is C11H21NO. The van der Waals surface area contributed by atoms with Crippen LogP contribution in [0.25, 0.3) is 0 Å². The molecule has 0 aromatic heterocycles. The Morgan fingerprint density at radius 3 is 2.62 bits per heavy atom. The molecular weight excluding hydrogens is 162 g/mol. The quantitative estimate of drug-likeness (QED) is 0.608. The molecule has 1 saturated heterocycles. The first kappa shape index (κ1) is 10.7. The molecule has 13 heavy (non-hydrogen) atoms. The number of hydrogen-bond donors (Lipinski definition) is 0. The van der Waals surface area contributed by atoms with E-state index in [0.29, 0.717) is 6.42 Å². The number of piperidine rings is 1. The summed E-state index contributed by atoms with van der Waals surface area (Å²) in [5.41, 5.74) is 0. The van der Waals surface area contributed by atoms with Crippen LogP contribution in [0.15, 0.2) is 0 Å². The van der Waals surface area contributed by atoms with Gasteiger partial charge in [-0.25, -0.2) is 0 Å². The first-order valence-corrected chi connectivity index (χ1v) is 5.52. The first-order chi connectivity index (χ1) is 6.36. The minimum absolute atomic E-state index is 0.707. The highest BCUT2D eigenvalue weighted by molar-refractivity contribution is 5.49. The largest absolute Gasteiger partial charge is 0.303 e. The van der Waals surface area contributed by atoms with Crippen LogP contribution in [0.2, 0.25) is 0 Å². The number of aldehydes is 1. The molecule has 0 unspecified atom stereocenters. The molecule has 1 fully saturated rings. The zero-order valence-electron chi connectivity index (χ0n) is 8.67. The van der Waals surface area contributed by atoms with Crippen molar-refractivity contribution in [2.24, 2.45) is 5.92 Å². The van der Waals surface area contributed by atoms with E-state index in [2.05, 4.69) is 11.8 Å². The fourth-order valence-corrected chi connectivity index (χ4v) is 2.14. The van der Waals surface area contributed by atoms with Gasteiger partial charge in [0.1, 0.15) is 6.29 Å². The third kappa shape index (κ3) is 3.90. The number of hydrogen-bond acceptors (Lipinski definition) is 2. The molecule has 0 amide bonds. The Bertz CT molecular complexity index is 139. The van der Waals surface area contributed by atoms with E-state index in [1.54, 1.807) is 0 Å². The lowest BCUT2D eigenvalue weighted by Crippen LogP contribution is -2.34. The lowest BCUT2D eigenvalue weighted by molar-refractivity contribution is -0.108. The van der Waals surface area contributed by atoms with Gasteiger partial charge in [-0.15, -0.1) is 0 Å². The van der Waals surface area contributed by atoms with Crippen LogP contribution in [-0.4, -0.2) is 30.8 Å². The lowest BCUT2D eigenvalue weighted by atomic mass is 9.92. The zero-order valence-corrected chi connectivity index (χ0v) is 8.67. The summed E-state index contributed by atoms with van der Waals surface area (Å²) in [7, 11) is 0. The molecule has 0 aromatic carbocycles. The summed E-state index contributed by atoms with van der Waals surface area (Å²) in [6.07, 6.45) is 7.12. The maximum Gasteiger partial charge on any atom is 0.121 e. The summed E-state index contributed by atoms with van der Waals surface area (Å²) in [4.78, 5) is 12.6. The fraction of sp³-hybridized carbons (Fsp3) is 0.909. The second-order valence-corrected chi connectivity index (χ2v) is 4.03. The zero-order chi connectivity index (χ0) is 9.52. The Kier molecular flexibility index (Phi) is 5.06. The number of nitrogens with zero attached hydrogens (tertiary/aromatic N) is 1. The number of rotatable bonds is 5. The molecule has 0 aliphatic carbocycles. The van der Waals surface area contributed by atoms with Crippen LogP contribution >= 0.6 is 0 Å². The topological polar surface area (TPSA) is 20.3 Å². The Morgan fingerprint density at radius 2 is 2.08 bits per heavy atom. The van der Waals surface area contributed by atoms with Crippen LogP contribution < -0.4 is 0 Å². The summed E-state index contributed by atoms with van der Waals surface area (Å²) in [5.74, 6) is 0.956. The molecule has 1 aliphatic heterocycles. The monoisotopic (exact) mass is 183 g/mol. The van der Waals surface area contributed by atoms with Gasteiger partial charge >= 0.3 is 0 Å². The summed E-state index contributed by atoms with van der Waals surface area (Å²) in [5, 5.41) is 0. The van der Waals surface area contributed by atoms with Crippen molar-refractivity contribution in [2.45, 2.75) is 39.0 Å². The van der Waals surface area contributed by atoms with Crippen molar-refractivity contribution in [3.63, 3.8) is 0 Å². The Hall–Kier alpha value is -0.370. The number of carbonyl (C=O) groups excluding carboxylic acids is 1. The van der Waals surface area contributed by atoms with Gasteiger partial charge in [0.15, 0.2) is 0 Å². The van der Waals surface area contributed by atoms with Crippen LogP contribution in [0.5, 0.6) is 0 Å². The van der Waals surface area contributed by atoms with Gasteiger partial charge in [0.05, 0.1) is 0 Å². The number of likely N-dealkylation sites (tertiary alicyclic amines) is 1. The van der Waals surface area contributed by atoms with Crippen LogP contribution in [0.1, 0.15) is 39.0 Å². The molecule has 1 rings (SSSR count). The summed E-state index contributed by atoms with van der Waals surface area (Å²) < 4.78 is 0. The van der Waals surface area contributed by atoms with Gasteiger partial charge in [-0.1, -0.05) is 19.8 Å². The molecule has 0 radical (unpaired) electrons. The maximum atomic E-state index is 10.2. The van der Waals surface area contributed by atoms with Gasteiger partial charge in [0, 0.05) is 13.0 Å². The average molecular weight is 183 g/mol. The normalized spacial score (nSPS) is 20.4. The predicted octanol–water partition coefficient (Wildman–Crippen LogP) is 2.09. The van der Waals surface area contributed by atoms with E-state index in [4.69, 9.17) is 0 Å². The van der Waals surface area contributed by atoms with E-state index in [0.717, 1.165) is 18.7 Å². The predicted molar refractivity (Wildman–Crippen MR) is 54.8 cm³/mol. The van der Waals surface area contributed by atoms with E-state index in [-0.39, 0.29) is 0 Å². The van der Waals surface area contributed by atoms with E-state index < -0.39 is 0 Å². The van der Waals surface area contributed by atoms with Crippen molar-refractivity contribution in [1.82, 2.24) is 4.90 Å². The molecule has 0 saturated carbocycles. The summed E-state index contributed by atoms with van der Waals surface area (Å²) >= 11 is 0. The van der Waals surface area contributed by atoms with Crippen LogP contribution in [0.4, 0.5) is 0 Å². The second kappa shape index (κ2) is 6.14. The van der Waals surface area contributed by atoms with Gasteiger partial charge in [0.25, 0.3) is 0 Å². The molecule has 0 aromatic rings. The highest BCUT2D eigenvalue weighted by Gasteiger charge is 2.17. The van der Waals surface area contributed by atoms with Gasteiger partial charge in [-0.2, -0.15) is 0 Å².